The Balaban J connectivity index is 1.93. The molecule has 0 aromatic carbocycles. The summed E-state index contributed by atoms with van der Waals surface area (Å²) in [6, 6.07) is 0. The average Bonchev–Trinajstić information content (AvgIpc) is 2.28. The lowest BCUT2D eigenvalue weighted by Gasteiger charge is -2.40. The van der Waals surface area contributed by atoms with Gasteiger partial charge in [-0.2, -0.15) is 0 Å². The molecule has 2 unspecified atom stereocenters. The van der Waals surface area contributed by atoms with Crippen LogP contribution in [0.25, 0.3) is 0 Å². The Morgan fingerprint density at radius 2 is 2.09 bits per heavy atom. The van der Waals surface area contributed by atoms with Gasteiger partial charge < -0.3 is 5.32 Å². The summed E-state index contributed by atoms with van der Waals surface area (Å²) in [6.07, 6.45) is 5.79. The zero-order valence-electron chi connectivity index (χ0n) is 7.69. The molecule has 1 heteroatoms. The van der Waals surface area contributed by atoms with Crippen LogP contribution in [0.3, 0.4) is 0 Å². The molecule has 0 amide bonds. The maximum absolute atomic E-state index is 3.61. The summed E-state index contributed by atoms with van der Waals surface area (Å²) in [6.45, 7) is 6.00. The first-order chi connectivity index (χ1) is 5.22. The molecular formula is C10H19N. The van der Waals surface area contributed by atoms with Crippen molar-refractivity contribution in [2.75, 3.05) is 6.54 Å². The lowest BCUT2D eigenvalue weighted by molar-refractivity contribution is 0.200. The number of nitrogens with one attached hydrogen (secondary N) is 1. The molecule has 0 bridgehead atoms. The van der Waals surface area contributed by atoms with Gasteiger partial charge in [-0.25, -0.2) is 0 Å². The molecule has 64 valence electrons. The van der Waals surface area contributed by atoms with Crippen molar-refractivity contribution < 1.29 is 0 Å². The molecule has 1 saturated heterocycles. The van der Waals surface area contributed by atoms with E-state index in [-0.39, 0.29) is 0 Å². The standard InChI is InChI=1S/C10H19N/c1-8(2)9-3-4-10(7-9)5-6-11-10/h8-9,11H,3-7H2,1-2H3. The van der Waals surface area contributed by atoms with E-state index in [2.05, 4.69) is 19.2 Å². The molecule has 2 fully saturated rings. The van der Waals surface area contributed by atoms with Crippen molar-refractivity contribution in [1.82, 2.24) is 5.32 Å². The lowest BCUT2D eigenvalue weighted by atomic mass is 9.83. The molecule has 11 heavy (non-hydrogen) atoms. The van der Waals surface area contributed by atoms with E-state index in [1.54, 1.807) is 0 Å². The molecule has 2 atom stereocenters. The van der Waals surface area contributed by atoms with Gasteiger partial charge in [0.1, 0.15) is 0 Å². The highest BCUT2D eigenvalue weighted by atomic mass is 15.1. The van der Waals surface area contributed by atoms with E-state index in [9.17, 15) is 0 Å². The monoisotopic (exact) mass is 153 g/mol. The van der Waals surface area contributed by atoms with Crippen molar-refractivity contribution in [1.29, 1.82) is 0 Å². The predicted octanol–water partition coefficient (Wildman–Crippen LogP) is 2.17. The van der Waals surface area contributed by atoms with E-state index in [4.69, 9.17) is 0 Å². The molecule has 0 aromatic heterocycles. The van der Waals surface area contributed by atoms with Crippen LogP contribution in [0.2, 0.25) is 0 Å². The van der Waals surface area contributed by atoms with Crippen LogP contribution in [0.4, 0.5) is 0 Å². The first-order valence-corrected chi connectivity index (χ1v) is 4.97. The van der Waals surface area contributed by atoms with Gasteiger partial charge in [-0.15, -0.1) is 0 Å². The summed E-state index contributed by atoms with van der Waals surface area (Å²) in [5, 5.41) is 3.61. The Morgan fingerprint density at radius 3 is 2.36 bits per heavy atom. The Kier molecular flexibility index (Phi) is 1.71. The molecule has 1 N–H and O–H groups in total. The highest BCUT2D eigenvalue weighted by molar-refractivity contribution is 5.02. The molecule has 1 aliphatic heterocycles. The molecule has 1 spiro atoms. The molecule has 2 rings (SSSR count). The summed E-state index contributed by atoms with van der Waals surface area (Å²) in [4.78, 5) is 0. The minimum absolute atomic E-state index is 0.620. The third-order valence-electron chi connectivity index (χ3n) is 3.69. The van der Waals surface area contributed by atoms with E-state index in [1.807, 2.05) is 0 Å². The molecule has 1 heterocycles. The highest BCUT2D eigenvalue weighted by Gasteiger charge is 2.43. The van der Waals surface area contributed by atoms with Crippen LogP contribution in [0, 0.1) is 11.8 Å². The molecular weight excluding hydrogens is 134 g/mol. The summed E-state index contributed by atoms with van der Waals surface area (Å²) >= 11 is 0. The van der Waals surface area contributed by atoms with Gasteiger partial charge in [0, 0.05) is 5.54 Å². The zero-order valence-corrected chi connectivity index (χ0v) is 7.69. The van der Waals surface area contributed by atoms with Crippen LogP contribution in [0.15, 0.2) is 0 Å². The number of rotatable bonds is 1. The Hall–Kier alpha value is -0.0400. The molecule has 0 radical (unpaired) electrons. The zero-order chi connectivity index (χ0) is 7.90. The first kappa shape index (κ1) is 7.60. The number of hydrogen-bond donors (Lipinski definition) is 1. The Bertz CT molecular complexity index is 147. The van der Waals surface area contributed by atoms with Crippen LogP contribution in [-0.4, -0.2) is 12.1 Å². The first-order valence-electron chi connectivity index (χ1n) is 4.97. The van der Waals surface area contributed by atoms with Crippen molar-refractivity contribution in [2.24, 2.45) is 11.8 Å². The minimum atomic E-state index is 0.620. The van der Waals surface area contributed by atoms with E-state index < -0.39 is 0 Å². The van der Waals surface area contributed by atoms with E-state index >= 15 is 0 Å². The third kappa shape index (κ3) is 1.20. The van der Waals surface area contributed by atoms with Crippen LogP contribution >= 0.6 is 0 Å². The van der Waals surface area contributed by atoms with Crippen molar-refractivity contribution >= 4 is 0 Å². The SMILES string of the molecule is CC(C)C1CCC2(CCN2)C1. The summed E-state index contributed by atoms with van der Waals surface area (Å²) in [5.74, 6) is 1.90. The van der Waals surface area contributed by atoms with E-state index in [1.165, 1.54) is 32.2 Å². The lowest BCUT2D eigenvalue weighted by Crippen LogP contribution is -2.55. The fourth-order valence-electron chi connectivity index (χ4n) is 2.60. The Labute approximate surface area is 69.6 Å². The van der Waals surface area contributed by atoms with Crippen molar-refractivity contribution in [3.05, 3.63) is 0 Å². The van der Waals surface area contributed by atoms with Crippen LogP contribution in [0.1, 0.15) is 39.5 Å². The molecule has 1 saturated carbocycles. The second kappa shape index (κ2) is 2.48. The summed E-state index contributed by atoms with van der Waals surface area (Å²) in [7, 11) is 0. The fraction of sp³-hybridized carbons (Fsp3) is 1.00. The van der Waals surface area contributed by atoms with Gasteiger partial charge in [-0.1, -0.05) is 13.8 Å². The summed E-state index contributed by atoms with van der Waals surface area (Å²) < 4.78 is 0. The van der Waals surface area contributed by atoms with Crippen molar-refractivity contribution in [3.63, 3.8) is 0 Å². The van der Waals surface area contributed by atoms with Gasteiger partial charge in [-0.3, -0.25) is 0 Å². The minimum Gasteiger partial charge on any atom is -0.311 e. The highest BCUT2D eigenvalue weighted by Crippen LogP contribution is 2.43. The van der Waals surface area contributed by atoms with Gasteiger partial charge in [0.15, 0.2) is 0 Å². The van der Waals surface area contributed by atoms with Gasteiger partial charge in [0.25, 0.3) is 0 Å². The van der Waals surface area contributed by atoms with Crippen molar-refractivity contribution in [2.45, 2.75) is 45.1 Å². The van der Waals surface area contributed by atoms with Crippen LogP contribution in [0.5, 0.6) is 0 Å². The molecule has 1 aliphatic carbocycles. The topological polar surface area (TPSA) is 12.0 Å². The molecule has 0 aromatic rings. The van der Waals surface area contributed by atoms with E-state index in [0.717, 1.165) is 11.8 Å². The van der Waals surface area contributed by atoms with Gasteiger partial charge in [0.05, 0.1) is 0 Å². The second-order valence-corrected chi connectivity index (χ2v) is 4.70. The second-order valence-electron chi connectivity index (χ2n) is 4.70. The average molecular weight is 153 g/mol. The van der Waals surface area contributed by atoms with Gasteiger partial charge in [0.2, 0.25) is 0 Å². The largest absolute Gasteiger partial charge is 0.311 e. The maximum Gasteiger partial charge on any atom is 0.0196 e. The fourth-order valence-corrected chi connectivity index (χ4v) is 2.60. The molecule has 1 nitrogen and oxygen atoms in total. The number of hydrogen-bond acceptors (Lipinski definition) is 1. The third-order valence-corrected chi connectivity index (χ3v) is 3.69. The maximum atomic E-state index is 3.61. The van der Waals surface area contributed by atoms with E-state index in [0.29, 0.717) is 5.54 Å². The summed E-state index contributed by atoms with van der Waals surface area (Å²) in [5.41, 5.74) is 0.620. The van der Waals surface area contributed by atoms with Crippen molar-refractivity contribution in [3.8, 4) is 0 Å². The van der Waals surface area contributed by atoms with Crippen LogP contribution in [-0.2, 0) is 0 Å². The Morgan fingerprint density at radius 1 is 1.36 bits per heavy atom. The van der Waals surface area contributed by atoms with Crippen LogP contribution < -0.4 is 5.32 Å². The van der Waals surface area contributed by atoms with Gasteiger partial charge >= 0.3 is 0 Å². The normalized spacial score (nSPS) is 43.4. The van der Waals surface area contributed by atoms with Gasteiger partial charge in [-0.05, 0) is 44.1 Å². The molecule has 2 aliphatic rings. The smallest absolute Gasteiger partial charge is 0.0196 e. The quantitative estimate of drug-likeness (QED) is 0.609. The predicted molar refractivity (Wildman–Crippen MR) is 47.5 cm³/mol.